The third-order valence-electron chi connectivity index (χ3n) is 3.46. The molecule has 1 aromatic carbocycles. The molecule has 0 unspecified atom stereocenters. The molecule has 108 valence electrons. The van der Waals surface area contributed by atoms with E-state index in [4.69, 9.17) is 4.74 Å². The van der Waals surface area contributed by atoms with Crippen LogP contribution in [0.4, 0.5) is 0 Å². The van der Waals surface area contributed by atoms with E-state index in [0.29, 0.717) is 5.88 Å². The summed E-state index contributed by atoms with van der Waals surface area (Å²) in [7, 11) is 3.59. The molecule has 0 bridgehead atoms. The van der Waals surface area contributed by atoms with Gasteiger partial charge in [-0.2, -0.15) is 5.10 Å². The van der Waals surface area contributed by atoms with Crippen molar-refractivity contribution in [3.8, 4) is 5.88 Å². The number of fused-ring (bicyclic) bond motifs is 1. The predicted octanol–water partition coefficient (Wildman–Crippen LogP) is 2.27. The Morgan fingerprint density at radius 3 is 2.76 bits per heavy atom. The summed E-state index contributed by atoms with van der Waals surface area (Å²) < 4.78 is 6.97. The zero-order chi connectivity index (χ0) is 14.7. The number of benzene rings is 1. The number of nitrogens with zero attached hydrogens (tertiary/aromatic N) is 3. The number of rotatable bonds is 5. The molecule has 0 aliphatic rings. The Morgan fingerprint density at radius 2 is 2.00 bits per heavy atom. The molecule has 5 nitrogen and oxygen atoms in total. The lowest BCUT2D eigenvalue weighted by atomic mass is 10.2. The lowest BCUT2D eigenvalue weighted by Gasteiger charge is -2.04. The van der Waals surface area contributed by atoms with Gasteiger partial charge in [0, 0.05) is 37.8 Å². The molecule has 5 heteroatoms. The maximum Gasteiger partial charge on any atom is 0.212 e. The first kappa shape index (κ1) is 13.6. The first-order valence-corrected chi connectivity index (χ1v) is 6.88. The highest BCUT2D eigenvalue weighted by Gasteiger charge is 2.07. The fraction of sp³-hybridized carbons (Fsp3) is 0.250. The number of aryl methyl sites for hydroxylation is 1. The molecule has 0 aliphatic heterocycles. The minimum atomic E-state index is 0.634. The third kappa shape index (κ3) is 2.87. The zero-order valence-corrected chi connectivity index (χ0v) is 12.2. The van der Waals surface area contributed by atoms with Gasteiger partial charge in [0.1, 0.15) is 0 Å². The summed E-state index contributed by atoms with van der Waals surface area (Å²) >= 11 is 0. The fourth-order valence-corrected chi connectivity index (χ4v) is 2.38. The van der Waals surface area contributed by atoms with Gasteiger partial charge in [0.25, 0.3) is 0 Å². The molecule has 3 rings (SSSR count). The number of methoxy groups -OCH3 is 1. The van der Waals surface area contributed by atoms with Crippen LogP contribution in [0, 0.1) is 0 Å². The van der Waals surface area contributed by atoms with Crippen LogP contribution >= 0.6 is 0 Å². The molecule has 0 atom stereocenters. The van der Waals surface area contributed by atoms with Gasteiger partial charge in [-0.3, -0.25) is 4.68 Å². The molecule has 0 amide bonds. The van der Waals surface area contributed by atoms with Crippen molar-refractivity contribution < 1.29 is 4.74 Å². The summed E-state index contributed by atoms with van der Waals surface area (Å²) in [5.74, 6) is 0.634. The molecule has 0 saturated heterocycles. The van der Waals surface area contributed by atoms with Crippen molar-refractivity contribution in [1.82, 2.24) is 20.1 Å². The van der Waals surface area contributed by atoms with E-state index in [9.17, 15) is 0 Å². The van der Waals surface area contributed by atoms with Crippen LogP contribution in [0.1, 0.15) is 11.3 Å². The number of pyridine rings is 1. The number of aromatic nitrogens is 3. The summed E-state index contributed by atoms with van der Waals surface area (Å²) in [5.41, 5.74) is 3.34. The van der Waals surface area contributed by atoms with Crippen LogP contribution in [0.5, 0.6) is 5.88 Å². The summed E-state index contributed by atoms with van der Waals surface area (Å²) in [6.07, 6.45) is 1.82. The molecule has 0 spiro atoms. The number of hydrogen-bond donors (Lipinski definition) is 1. The number of nitrogens with one attached hydrogen (secondary N) is 1. The molecule has 0 radical (unpaired) electrons. The van der Waals surface area contributed by atoms with Crippen LogP contribution in [0.3, 0.4) is 0 Å². The summed E-state index contributed by atoms with van der Waals surface area (Å²) in [4.78, 5) is 4.19. The van der Waals surface area contributed by atoms with Gasteiger partial charge in [-0.15, -0.1) is 0 Å². The molecule has 21 heavy (non-hydrogen) atoms. The summed E-state index contributed by atoms with van der Waals surface area (Å²) in [6.45, 7) is 1.48. The molecule has 2 aromatic heterocycles. The Bertz CT molecular complexity index is 734. The van der Waals surface area contributed by atoms with E-state index in [1.54, 1.807) is 7.11 Å². The topological polar surface area (TPSA) is 52.0 Å². The second kappa shape index (κ2) is 5.93. The molecule has 1 N–H and O–H groups in total. The minimum absolute atomic E-state index is 0.634. The fourth-order valence-electron chi connectivity index (χ4n) is 2.38. The van der Waals surface area contributed by atoms with Crippen LogP contribution in [-0.2, 0) is 20.1 Å². The van der Waals surface area contributed by atoms with Crippen molar-refractivity contribution >= 4 is 10.9 Å². The lowest BCUT2D eigenvalue weighted by Crippen LogP contribution is -2.13. The third-order valence-corrected chi connectivity index (χ3v) is 3.46. The quantitative estimate of drug-likeness (QED) is 0.780. The Hall–Kier alpha value is -2.40. The van der Waals surface area contributed by atoms with Gasteiger partial charge in [0.15, 0.2) is 0 Å². The van der Waals surface area contributed by atoms with Gasteiger partial charge in [-0.25, -0.2) is 4.98 Å². The maximum absolute atomic E-state index is 5.05. The maximum atomic E-state index is 5.05. The number of hydrogen-bond acceptors (Lipinski definition) is 4. The van der Waals surface area contributed by atoms with Crippen molar-refractivity contribution in [2.75, 3.05) is 7.11 Å². The SMILES string of the molecule is COc1ccc(CNCc2nn(C)c3ccccc23)cn1. The van der Waals surface area contributed by atoms with E-state index in [1.165, 1.54) is 5.39 Å². The second-order valence-corrected chi connectivity index (χ2v) is 4.90. The van der Waals surface area contributed by atoms with E-state index in [2.05, 4.69) is 27.5 Å². The Labute approximate surface area is 123 Å². The first-order valence-electron chi connectivity index (χ1n) is 6.88. The van der Waals surface area contributed by atoms with Crippen molar-refractivity contribution in [1.29, 1.82) is 0 Å². The highest BCUT2D eigenvalue weighted by molar-refractivity contribution is 5.81. The summed E-state index contributed by atoms with van der Waals surface area (Å²) in [6, 6.07) is 12.1. The highest BCUT2D eigenvalue weighted by Crippen LogP contribution is 2.17. The van der Waals surface area contributed by atoms with Crippen LogP contribution < -0.4 is 10.1 Å². The van der Waals surface area contributed by atoms with E-state index >= 15 is 0 Å². The van der Waals surface area contributed by atoms with Gasteiger partial charge in [0.05, 0.1) is 18.3 Å². The Morgan fingerprint density at radius 1 is 1.14 bits per heavy atom. The smallest absolute Gasteiger partial charge is 0.212 e. The van der Waals surface area contributed by atoms with Crippen LogP contribution in [-0.4, -0.2) is 21.9 Å². The molecule has 0 saturated carbocycles. The van der Waals surface area contributed by atoms with Crippen molar-refractivity contribution in [2.45, 2.75) is 13.1 Å². The van der Waals surface area contributed by atoms with Crippen molar-refractivity contribution in [3.63, 3.8) is 0 Å². The Balaban J connectivity index is 1.66. The largest absolute Gasteiger partial charge is 0.481 e. The van der Waals surface area contributed by atoms with Gasteiger partial charge in [-0.1, -0.05) is 24.3 Å². The van der Waals surface area contributed by atoms with E-state index in [1.807, 2.05) is 42.2 Å². The molecular weight excluding hydrogens is 264 g/mol. The normalized spacial score (nSPS) is 11.0. The van der Waals surface area contributed by atoms with E-state index in [-0.39, 0.29) is 0 Å². The molecule has 2 heterocycles. The van der Waals surface area contributed by atoms with Gasteiger partial charge in [-0.05, 0) is 11.6 Å². The van der Waals surface area contributed by atoms with Gasteiger partial charge < -0.3 is 10.1 Å². The van der Waals surface area contributed by atoms with E-state index in [0.717, 1.165) is 29.9 Å². The molecular formula is C16H18N4O. The number of ether oxygens (including phenoxy) is 1. The number of para-hydroxylation sites is 1. The molecule has 0 fully saturated rings. The Kier molecular flexibility index (Phi) is 3.83. The van der Waals surface area contributed by atoms with Crippen molar-refractivity contribution in [2.24, 2.45) is 7.05 Å². The standard InChI is InChI=1S/C16H18N4O/c1-20-15-6-4-3-5-13(15)14(19-20)11-17-9-12-7-8-16(21-2)18-10-12/h3-8,10,17H,9,11H2,1-2H3. The molecule has 0 aliphatic carbocycles. The van der Waals surface area contributed by atoms with Gasteiger partial charge >= 0.3 is 0 Å². The van der Waals surface area contributed by atoms with E-state index < -0.39 is 0 Å². The average molecular weight is 282 g/mol. The highest BCUT2D eigenvalue weighted by atomic mass is 16.5. The monoisotopic (exact) mass is 282 g/mol. The predicted molar refractivity (Wildman–Crippen MR) is 82.0 cm³/mol. The second-order valence-electron chi connectivity index (χ2n) is 4.90. The van der Waals surface area contributed by atoms with Gasteiger partial charge in [0.2, 0.25) is 5.88 Å². The minimum Gasteiger partial charge on any atom is -0.481 e. The zero-order valence-electron chi connectivity index (χ0n) is 12.2. The molecule has 3 aromatic rings. The average Bonchev–Trinajstić information content (AvgIpc) is 2.85. The lowest BCUT2D eigenvalue weighted by molar-refractivity contribution is 0.397. The van der Waals surface area contributed by atoms with Crippen LogP contribution in [0.25, 0.3) is 10.9 Å². The van der Waals surface area contributed by atoms with Crippen molar-refractivity contribution in [3.05, 3.63) is 53.9 Å². The van der Waals surface area contributed by atoms with Crippen LogP contribution in [0.2, 0.25) is 0 Å². The first-order chi connectivity index (χ1) is 10.3. The van der Waals surface area contributed by atoms with Crippen LogP contribution in [0.15, 0.2) is 42.6 Å². The summed E-state index contributed by atoms with van der Waals surface area (Å²) in [5, 5.41) is 9.17.